The third kappa shape index (κ3) is 4.55. The standard InChI is InChI=1S/C31H21FN2O4S/c1-18-10-15-24-25(16-18)39-31(33-24)34-27(20-6-5-9-23(17-20)38-22-7-3-2-4-8-22)26(29(36)30(34)37)28(35)19-11-13-21(32)14-12-19/h2-17,27,35H,1H3. The topological polar surface area (TPSA) is 79.7 Å². The van der Waals surface area contributed by atoms with Crippen LogP contribution in [0.4, 0.5) is 9.52 Å². The molecular formula is C31H21FN2O4S. The number of ether oxygens (including phenoxy) is 1. The van der Waals surface area contributed by atoms with E-state index in [0.29, 0.717) is 27.7 Å². The summed E-state index contributed by atoms with van der Waals surface area (Å²) < 4.78 is 20.5. The minimum atomic E-state index is -0.990. The zero-order chi connectivity index (χ0) is 27.1. The van der Waals surface area contributed by atoms with Crippen molar-refractivity contribution in [1.82, 2.24) is 4.98 Å². The largest absolute Gasteiger partial charge is 0.507 e. The minimum Gasteiger partial charge on any atom is -0.507 e. The Kier molecular flexibility index (Phi) is 6.17. The predicted molar refractivity (Wildman–Crippen MR) is 148 cm³/mol. The quantitative estimate of drug-likeness (QED) is 0.146. The number of aliphatic hydroxyl groups is 1. The number of nitrogens with zero attached hydrogens (tertiary/aromatic N) is 2. The zero-order valence-electron chi connectivity index (χ0n) is 20.7. The van der Waals surface area contributed by atoms with Gasteiger partial charge in [-0.05, 0) is 78.7 Å². The fourth-order valence-corrected chi connectivity index (χ4v) is 5.69. The van der Waals surface area contributed by atoms with Crippen molar-refractivity contribution in [1.29, 1.82) is 0 Å². The third-order valence-electron chi connectivity index (χ3n) is 6.45. The number of para-hydroxylation sites is 1. The molecule has 0 spiro atoms. The second kappa shape index (κ2) is 9.81. The van der Waals surface area contributed by atoms with Crippen LogP contribution in [0.25, 0.3) is 16.0 Å². The van der Waals surface area contributed by atoms with Crippen LogP contribution in [0, 0.1) is 12.7 Å². The summed E-state index contributed by atoms with van der Waals surface area (Å²) in [5.41, 5.74) is 2.39. The Morgan fingerprint density at radius 1 is 0.923 bits per heavy atom. The predicted octanol–water partition coefficient (Wildman–Crippen LogP) is 7.16. The van der Waals surface area contributed by atoms with Crippen LogP contribution in [-0.2, 0) is 9.59 Å². The lowest BCUT2D eigenvalue weighted by Gasteiger charge is -2.23. The number of rotatable bonds is 5. The average molecular weight is 537 g/mol. The molecule has 6 nitrogen and oxygen atoms in total. The lowest BCUT2D eigenvalue weighted by atomic mass is 9.95. The van der Waals surface area contributed by atoms with E-state index in [2.05, 4.69) is 4.98 Å². The van der Waals surface area contributed by atoms with Crippen LogP contribution in [0.15, 0.2) is 103 Å². The molecule has 1 aliphatic rings. The molecule has 8 heteroatoms. The van der Waals surface area contributed by atoms with Gasteiger partial charge in [-0.25, -0.2) is 9.37 Å². The molecule has 1 aromatic heterocycles. The summed E-state index contributed by atoms with van der Waals surface area (Å²) in [6.45, 7) is 1.96. The first kappa shape index (κ1) is 24.5. The van der Waals surface area contributed by atoms with E-state index in [-0.39, 0.29) is 11.1 Å². The Bertz CT molecular complexity index is 1760. The van der Waals surface area contributed by atoms with Crippen molar-refractivity contribution in [3.63, 3.8) is 0 Å². The third-order valence-corrected chi connectivity index (χ3v) is 7.47. The van der Waals surface area contributed by atoms with Crippen LogP contribution in [0.3, 0.4) is 0 Å². The van der Waals surface area contributed by atoms with Gasteiger partial charge < -0.3 is 9.84 Å². The smallest absolute Gasteiger partial charge is 0.301 e. The van der Waals surface area contributed by atoms with Crippen LogP contribution in [0.1, 0.15) is 22.7 Å². The molecule has 4 aromatic carbocycles. The van der Waals surface area contributed by atoms with Crippen molar-refractivity contribution in [2.75, 3.05) is 4.90 Å². The van der Waals surface area contributed by atoms with Gasteiger partial charge in [-0.2, -0.15) is 0 Å². The molecule has 1 amide bonds. The Hall–Kier alpha value is -4.82. The van der Waals surface area contributed by atoms with Gasteiger partial charge in [0.1, 0.15) is 23.1 Å². The summed E-state index contributed by atoms with van der Waals surface area (Å²) >= 11 is 1.29. The molecule has 1 N–H and O–H groups in total. The highest BCUT2D eigenvalue weighted by atomic mass is 32.1. The maximum Gasteiger partial charge on any atom is 0.301 e. The maximum absolute atomic E-state index is 13.6. The summed E-state index contributed by atoms with van der Waals surface area (Å²) in [4.78, 5) is 32.9. The number of amides is 1. The number of carbonyl (C=O) groups excluding carboxylic acids is 2. The number of fused-ring (bicyclic) bond motifs is 1. The van der Waals surface area contributed by atoms with Crippen molar-refractivity contribution < 1.29 is 23.8 Å². The molecule has 5 aromatic rings. The molecule has 0 radical (unpaired) electrons. The first-order valence-electron chi connectivity index (χ1n) is 12.2. The number of aromatic nitrogens is 1. The van der Waals surface area contributed by atoms with E-state index < -0.39 is 29.3 Å². The number of hydrogen-bond acceptors (Lipinski definition) is 6. The van der Waals surface area contributed by atoms with E-state index in [0.717, 1.165) is 10.3 Å². The van der Waals surface area contributed by atoms with E-state index in [4.69, 9.17) is 4.74 Å². The van der Waals surface area contributed by atoms with Crippen LogP contribution in [0.5, 0.6) is 11.5 Å². The van der Waals surface area contributed by atoms with Crippen LogP contribution < -0.4 is 9.64 Å². The first-order chi connectivity index (χ1) is 18.9. The van der Waals surface area contributed by atoms with Crippen molar-refractivity contribution in [3.05, 3.63) is 125 Å². The van der Waals surface area contributed by atoms with E-state index in [1.807, 2.05) is 55.5 Å². The SMILES string of the molecule is Cc1ccc2nc(N3C(=O)C(=O)C(=C(O)c4ccc(F)cc4)C3c3cccc(Oc4ccccc4)c3)sc2c1. The molecule has 0 bridgehead atoms. The number of Topliss-reactive ketones (excluding diaryl/α,β-unsaturated/α-hetero) is 1. The normalized spacial score (nSPS) is 16.7. The molecule has 192 valence electrons. The average Bonchev–Trinajstić information content (AvgIpc) is 3.47. The van der Waals surface area contributed by atoms with Crippen molar-refractivity contribution in [2.45, 2.75) is 13.0 Å². The second-order valence-electron chi connectivity index (χ2n) is 9.13. The Balaban J connectivity index is 1.52. The van der Waals surface area contributed by atoms with Gasteiger partial charge in [0.25, 0.3) is 5.78 Å². The van der Waals surface area contributed by atoms with Gasteiger partial charge in [-0.1, -0.05) is 47.7 Å². The van der Waals surface area contributed by atoms with Gasteiger partial charge in [-0.3, -0.25) is 14.5 Å². The Labute approximate surface area is 227 Å². The number of ketones is 1. The van der Waals surface area contributed by atoms with Crippen molar-refractivity contribution >= 4 is 44.1 Å². The Morgan fingerprint density at radius 3 is 2.44 bits per heavy atom. The van der Waals surface area contributed by atoms with Gasteiger partial charge in [0.15, 0.2) is 5.13 Å². The molecule has 6 rings (SSSR count). The van der Waals surface area contributed by atoms with Gasteiger partial charge in [-0.15, -0.1) is 0 Å². The lowest BCUT2D eigenvalue weighted by Crippen LogP contribution is -2.29. The highest BCUT2D eigenvalue weighted by molar-refractivity contribution is 7.22. The monoisotopic (exact) mass is 536 g/mol. The number of thiazole rings is 1. The Morgan fingerprint density at radius 2 is 1.67 bits per heavy atom. The number of anilines is 1. The molecule has 1 fully saturated rings. The van der Waals surface area contributed by atoms with Gasteiger partial charge in [0.05, 0.1) is 21.8 Å². The number of halogens is 1. The summed E-state index contributed by atoms with van der Waals surface area (Å²) in [5, 5.41) is 11.6. The maximum atomic E-state index is 13.6. The molecule has 0 aliphatic carbocycles. The number of hydrogen-bond donors (Lipinski definition) is 1. The number of aliphatic hydroxyl groups excluding tert-OH is 1. The molecule has 1 unspecified atom stereocenters. The summed E-state index contributed by atoms with van der Waals surface area (Å²) in [6.07, 6.45) is 0. The van der Waals surface area contributed by atoms with E-state index >= 15 is 0 Å². The summed E-state index contributed by atoms with van der Waals surface area (Å²) in [5.74, 6) is -1.44. The van der Waals surface area contributed by atoms with Gasteiger partial charge in [0.2, 0.25) is 0 Å². The van der Waals surface area contributed by atoms with E-state index in [1.165, 1.54) is 40.5 Å². The van der Waals surface area contributed by atoms with E-state index in [1.54, 1.807) is 24.3 Å². The zero-order valence-corrected chi connectivity index (χ0v) is 21.5. The fraction of sp³-hybridized carbons (Fsp3) is 0.0645. The highest BCUT2D eigenvalue weighted by Gasteiger charge is 2.48. The molecule has 1 saturated heterocycles. The number of aryl methyl sites for hydroxylation is 1. The molecule has 1 aliphatic heterocycles. The first-order valence-corrected chi connectivity index (χ1v) is 13.0. The molecule has 0 saturated carbocycles. The van der Waals surface area contributed by atoms with E-state index in [9.17, 15) is 19.1 Å². The van der Waals surface area contributed by atoms with Crippen molar-refractivity contribution in [3.8, 4) is 11.5 Å². The number of benzene rings is 4. The molecule has 1 atom stereocenters. The minimum absolute atomic E-state index is 0.112. The van der Waals surface area contributed by atoms with Gasteiger partial charge >= 0.3 is 5.91 Å². The fourth-order valence-electron chi connectivity index (χ4n) is 4.60. The number of carbonyl (C=O) groups is 2. The second-order valence-corrected chi connectivity index (χ2v) is 10.1. The molecule has 39 heavy (non-hydrogen) atoms. The van der Waals surface area contributed by atoms with Crippen LogP contribution >= 0.6 is 11.3 Å². The van der Waals surface area contributed by atoms with Crippen LogP contribution in [0.2, 0.25) is 0 Å². The van der Waals surface area contributed by atoms with Gasteiger partial charge in [0, 0.05) is 5.56 Å². The molecule has 2 heterocycles. The van der Waals surface area contributed by atoms with Crippen molar-refractivity contribution in [2.24, 2.45) is 0 Å². The summed E-state index contributed by atoms with van der Waals surface area (Å²) in [7, 11) is 0. The lowest BCUT2D eigenvalue weighted by molar-refractivity contribution is -0.132. The van der Waals surface area contributed by atoms with Crippen LogP contribution in [-0.4, -0.2) is 21.8 Å². The molecular weight excluding hydrogens is 515 g/mol. The highest BCUT2D eigenvalue weighted by Crippen LogP contribution is 2.45. The summed E-state index contributed by atoms with van der Waals surface area (Å²) in [6, 6.07) is 26.1.